The lowest BCUT2D eigenvalue weighted by molar-refractivity contribution is -0.0678. The van der Waals surface area contributed by atoms with Gasteiger partial charge >= 0.3 is 0 Å². The lowest BCUT2D eigenvalue weighted by atomic mass is 9.79. The lowest BCUT2D eigenvalue weighted by Gasteiger charge is -2.44. The minimum absolute atomic E-state index is 0.292. The average molecular weight is 248 g/mol. The normalized spacial score (nSPS) is 29.4. The first-order valence-corrected chi connectivity index (χ1v) is 6.86. The van der Waals surface area contributed by atoms with Gasteiger partial charge in [0, 0.05) is 32.1 Å². The Morgan fingerprint density at radius 1 is 1.39 bits per heavy atom. The Morgan fingerprint density at radius 3 is 2.72 bits per heavy atom. The number of likely N-dealkylation sites (tertiary alicyclic amines) is 1. The summed E-state index contributed by atoms with van der Waals surface area (Å²) in [5.74, 6) is 0.292. The van der Waals surface area contributed by atoms with Crippen LogP contribution in [0.25, 0.3) is 0 Å². The first kappa shape index (κ1) is 13.5. The molecule has 1 aliphatic heterocycles. The van der Waals surface area contributed by atoms with Crippen LogP contribution in [-0.4, -0.2) is 35.2 Å². The van der Waals surface area contributed by atoms with E-state index >= 15 is 0 Å². The molecule has 0 aromatic heterocycles. The molecule has 0 saturated carbocycles. The smallest absolute Gasteiger partial charge is 0.0821 e. The molecule has 2 rings (SSSR count). The number of rotatable bonds is 4. The van der Waals surface area contributed by atoms with Gasteiger partial charge in [0.15, 0.2) is 0 Å². The second kappa shape index (κ2) is 5.83. The zero-order chi connectivity index (χ0) is 13.0. The summed E-state index contributed by atoms with van der Waals surface area (Å²) in [6.45, 7) is 5.36. The Kier molecular flexibility index (Phi) is 4.38. The van der Waals surface area contributed by atoms with E-state index in [0.717, 1.165) is 32.5 Å². The van der Waals surface area contributed by atoms with Crippen molar-refractivity contribution in [2.24, 2.45) is 11.7 Å². The van der Waals surface area contributed by atoms with E-state index in [9.17, 15) is 5.11 Å². The zero-order valence-corrected chi connectivity index (χ0v) is 11.2. The van der Waals surface area contributed by atoms with Gasteiger partial charge in [0.25, 0.3) is 0 Å². The third-order valence-electron chi connectivity index (χ3n) is 4.19. The van der Waals surface area contributed by atoms with Gasteiger partial charge < -0.3 is 10.8 Å². The molecule has 3 N–H and O–H groups in total. The Labute approximate surface area is 110 Å². The molecule has 0 radical (unpaired) electrons. The van der Waals surface area contributed by atoms with Crippen LogP contribution >= 0.6 is 0 Å². The molecule has 1 aromatic carbocycles. The van der Waals surface area contributed by atoms with Gasteiger partial charge in [0.2, 0.25) is 0 Å². The van der Waals surface area contributed by atoms with E-state index in [1.165, 1.54) is 5.56 Å². The number of nitrogens with two attached hydrogens (primary N) is 1. The standard InChI is InChI=1S/C15H24N2O/c1-2-14-11-17(9-8-15(14,18)12-16)10-13-6-4-3-5-7-13/h3-7,14,18H,2,8-12,16H2,1H3/t14-,15-/m1/s1. The van der Waals surface area contributed by atoms with Crippen LogP contribution in [0.1, 0.15) is 25.3 Å². The van der Waals surface area contributed by atoms with Crippen molar-refractivity contribution in [2.75, 3.05) is 19.6 Å². The van der Waals surface area contributed by atoms with Crippen molar-refractivity contribution < 1.29 is 5.11 Å². The fourth-order valence-electron chi connectivity index (χ4n) is 2.89. The van der Waals surface area contributed by atoms with Crippen molar-refractivity contribution in [3.05, 3.63) is 35.9 Å². The van der Waals surface area contributed by atoms with Gasteiger partial charge in [0.1, 0.15) is 0 Å². The minimum Gasteiger partial charge on any atom is -0.388 e. The fraction of sp³-hybridized carbons (Fsp3) is 0.600. The topological polar surface area (TPSA) is 49.5 Å². The summed E-state index contributed by atoms with van der Waals surface area (Å²) >= 11 is 0. The van der Waals surface area contributed by atoms with Gasteiger partial charge in [0.05, 0.1) is 5.60 Å². The third kappa shape index (κ3) is 2.91. The van der Waals surface area contributed by atoms with Crippen LogP contribution in [0.5, 0.6) is 0 Å². The second-order valence-electron chi connectivity index (χ2n) is 5.38. The van der Waals surface area contributed by atoms with Crippen LogP contribution in [0, 0.1) is 5.92 Å². The number of aliphatic hydroxyl groups is 1. The Bertz CT molecular complexity index is 368. The summed E-state index contributed by atoms with van der Waals surface area (Å²) < 4.78 is 0. The molecule has 1 heterocycles. The Hall–Kier alpha value is -0.900. The van der Waals surface area contributed by atoms with E-state index in [-0.39, 0.29) is 0 Å². The SMILES string of the molecule is CC[C@@H]1CN(Cc2ccccc2)CC[C@@]1(O)CN. The molecule has 1 saturated heterocycles. The summed E-state index contributed by atoms with van der Waals surface area (Å²) in [5, 5.41) is 10.5. The van der Waals surface area contributed by atoms with Crippen LogP contribution in [0.4, 0.5) is 0 Å². The van der Waals surface area contributed by atoms with Gasteiger partial charge in [-0.1, -0.05) is 37.3 Å². The highest BCUT2D eigenvalue weighted by atomic mass is 16.3. The molecule has 18 heavy (non-hydrogen) atoms. The monoisotopic (exact) mass is 248 g/mol. The van der Waals surface area contributed by atoms with E-state index in [1.54, 1.807) is 0 Å². The maximum Gasteiger partial charge on any atom is 0.0821 e. The van der Waals surface area contributed by atoms with Crippen molar-refractivity contribution in [2.45, 2.75) is 31.9 Å². The summed E-state index contributed by atoms with van der Waals surface area (Å²) in [5.41, 5.74) is 6.42. The van der Waals surface area contributed by atoms with Crippen LogP contribution in [0.15, 0.2) is 30.3 Å². The van der Waals surface area contributed by atoms with Gasteiger partial charge in [-0.2, -0.15) is 0 Å². The minimum atomic E-state index is -0.651. The highest BCUT2D eigenvalue weighted by molar-refractivity contribution is 5.14. The molecule has 1 fully saturated rings. The molecule has 3 nitrogen and oxygen atoms in total. The van der Waals surface area contributed by atoms with E-state index in [2.05, 4.69) is 36.1 Å². The maximum absolute atomic E-state index is 10.5. The van der Waals surface area contributed by atoms with E-state index in [0.29, 0.717) is 12.5 Å². The molecule has 0 bridgehead atoms. The molecular weight excluding hydrogens is 224 g/mol. The first-order valence-electron chi connectivity index (χ1n) is 6.86. The van der Waals surface area contributed by atoms with Gasteiger partial charge in [-0.3, -0.25) is 4.90 Å². The number of piperidine rings is 1. The molecule has 0 spiro atoms. The molecule has 3 heteroatoms. The van der Waals surface area contributed by atoms with Crippen molar-refractivity contribution in [1.29, 1.82) is 0 Å². The molecule has 1 aromatic rings. The van der Waals surface area contributed by atoms with Crippen LogP contribution in [-0.2, 0) is 6.54 Å². The number of nitrogens with zero attached hydrogens (tertiary/aromatic N) is 1. The largest absolute Gasteiger partial charge is 0.388 e. The number of hydrogen-bond acceptors (Lipinski definition) is 3. The van der Waals surface area contributed by atoms with Crippen LogP contribution < -0.4 is 5.73 Å². The zero-order valence-electron chi connectivity index (χ0n) is 11.2. The molecule has 0 aliphatic carbocycles. The Morgan fingerprint density at radius 2 is 2.11 bits per heavy atom. The lowest BCUT2D eigenvalue weighted by Crippen LogP contribution is -2.55. The van der Waals surface area contributed by atoms with E-state index < -0.39 is 5.60 Å². The molecule has 1 aliphatic rings. The van der Waals surface area contributed by atoms with Crippen molar-refractivity contribution >= 4 is 0 Å². The molecule has 0 unspecified atom stereocenters. The van der Waals surface area contributed by atoms with Gasteiger partial charge in [-0.05, 0) is 18.4 Å². The second-order valence-corrected chi connectivity index (χ2v) is 5.38. The number of hydrogen-bond donors (Lipinski definition) is 2. The van der Waals surface area contributed by atoms with E-state index in [4.69, 9.17) is 5.73 Å². The fourth-order valence-corrected chi connectivity index (χ4v) is 2.89. The van der Waals surface area contributed by atoms with E-state index in [1.807, 2.05) is 6.07 Å². The highest BCUT2D eigenvalue weighted by Crippen LogP contribution is 2.30. The summed E-state index contributed by atoms with van der Waals surface area (Å²) in [6, 6.07) is 10.5. The molecule has 100 valence electrons. The maximum atomic E-state index is 10.5. The first-order chi connectivity index (χ1) is 8.68. The van der Waals surface area contributed by atoms with Gasteiger partial charge in [-0.15, -0.1) is 0 Å². The summed E-state index contributed by atoms with van der Waals surface area (Å²) in [7, 11) is 0. The van der Waals surface area contributed by atoms with Crippen molar-refractivity contribution in [3.8, 4) is 0 Å². The highest BCUT2D eigenvalue weighted by Gasteiger charge is 2.39. The summed E-state index contributed by atoms with van der Waals surface area (Å²) in [4.78, 5) is 2.42. The molecule has 0 amide bonds. The average Bonchev–Trinajstić information content (AvgIpc) is 2.42. The van der Waals surface area contributed by atoms with Crippen molar-refractivity contribution in [1.82, 2.24) is 4.90 Å². The Balaban J connectivity index is 1.98. The summed E-state index contributed by atoms with van der Waals surface area (Å²) in [6.07, 6.45) is 1.77. The van der Waals surface area contributed by atoms with Crippen LogP contribution in [0.3, 0.4) is 0 Å². The molecule has 2 atom stereocenters. The quantitative estimate of drug-likeness (QED) is 0.851. The predicted molar refractivity (Wildman–Crippen MR) is 74.1 cm³/mol. The van der Waals surface area contributed by atoms with Gasteiger partial charge in [-0.25, -0.2) is 0 Å². The van der Waals surface area contributed by atoms with Crippen LogP contribution in [0.2, 0.25) is 0 Å². The number of benzene rings is 1. The third-order valence-corrected chi connectivity index (χ3v) is 4.19. The predicted octanol–water partition coefficient (Wildman–Crippen LogP) is 1.61. The van der Waals surface area contributed by atoms with Crippen molar-refractivity contribution in [3.63, 3.8) is 0 Å². The molecular formula is C15H24N2O.